The molecule has 3 rings (SSSR count). The summed E-state index contributed by atoms with van der Waals surface area (Å²) in [6.45, 7) is 7.32. The summed E-state index contributed by atoms with van der Waals surface area (Å²) in [7, 11) is 0. The molecule has 3 aromatic rings. The van der Waals surface area contributed by atoms with Crippen LogP contribution in [0.4, 0.5) is 5.13 Å². The molecule has 0 aliphatic heterocycles. The van der Waals surface area contributed by atoms with E-state index in [1.807, 2.05) is 0 Å². The Morgan fingerprint density at radius 2 is 1.95 bits per heavy atom. The lowest BCUT2D eigenvalue weighted by Crippen LogP contribution is -2.03. The lowest BCUT2D eigenvalue weighted by Gasteiger charge is -2.03. The quantitative estimate of drug-likeness (QED) is 0.776. The number of hydrogen-bond donors (Lipinski definition) is 1. The summed E-state index contributed by atoms with van der Waals surface area (Å²) in [4.78, 5) is 0.748. The lowest BCUT2D eigenvalue weighted by atomic mass is 10.1. The van der Waals surface area contributed by atoms with Crippen LogP contribution in [0.1, 0.15) is 36.1 Å². The van der Waals surface area contributed by atoms with E-state index in [2.05, 4.69) is 45.8 Å². The smallest absolute Gasteiger partial charge is 0.236 e. The van der Waals surface area contributed by atoms with Crippen molar-refractivity contribution < 1.29 is 0 Å². The van der Waals surface area contributed by atoms with Crippen molar-refractivity contribution in [2.45, 2.75) is 46.6 Å². The average Bonchev–Trinajstić information content (AvgIpc) is 3.05. The molecular weight excluding hydrogens is 286 g/mol. The maximum absolute atomic E-state index is 5.70. The van der Waals surface area contributed by atoms with E-state index in [4.69, 9.17) is 5.73 Å². The molecule has 8 heteroatoms. The second-order valence-electron chi connectivity index (χ2n) is 5.12. The summed E-state index contributed by atoms with van der Waals surface area (Å²) in [5.41, 5.74) is 9.34. The fourth-order valence-corrected chi connectivity index (χ4v) is 3.21. The predicted molar refractivity (Wildman–Crippen MR) is 82.5 cm³/mol. The van der Waals surface area contributed by atoms with Crippen LogP contribution in [0.5, 0.6) is 0 Å². The molecule has 3 aromatic heterocycles. The van der Waals surface area contributed by atoms with Crippen molar-refractivity contribution in [3.8, 4) is 0 Å². The molecule has 3 heterocycles. The third-order valence-electron chi connectivity index (χ3n) is 3.64. The molecule has 0 bridgehead atoms. The molecular formula is C13H19N7S. The van der Waals surface area contributed by atoms with Gasteiger partial charge in [-0.3, -0.25) is 4.68 Å². The van der Waals surface area contributed by atoms with Gasteiger partial charge >= 0.3 is 0 Å². The molecule has 0 aliphatic rings. The molecule has 0 saturated carbocycles. The van der Waals surface area contributed by atoms with Crippen molar-refractivity contribution in [3.05, 3.63) is 22.8 Å². The van der Waals surface area contributed by atoms with Crippen LogP contribution in [-0.2, 0) is 19.4 Å². The van der Waals surface area contributed by atoms with Crippen molar-refractivity contribution in [1.82, 2.24) is 29.6 Å². The molecule has 0 aliphatic carbocycles. The van der Waals surface area contributed by atoms with Gasteiger partial charge in [0.2, 0.25) is 10.1 Å². The number of anilines is 1. The second-order valence-corrected chi connectivity index (χ2v) is 6.11. The molecule has 21 heavy (non-hydrogen) atoms. The van der Waals surface area contributed by atoms with Crippen molar-refractivity contribution in [3.63, 3.8) is 0 Å². The summed E-state index contributed by atoms with van der Waals surface area (Å²) in [6, 6.07) is 0. The highest BCUT2D eigenvalue weighted by molar-refractivity contribution is 7.20. The van der Waals surface area contributed by atoms with E-state index in [0.717, 1.165) is 42.3 Å². The first-order valence-corrected chi connectivity index (χ1v) is 7.91. The van der Waals surface area contributed by atoms with Gasteiger partial charge < -0.3 is 5.73 Å². The predicted octanol–water partition coefficient (Wildman–Crippen LogP) is 1.78. The minimum absolute atomic E-state index is 0.518. The van der Waals surface area contributed by atoms with E-state index in [0.29, 0.717) is 5.13 Å². The van der Waals surface area contributed by atoms with Gasteiger partial charge in [0.25, 0.3) is 0 Å². The number of nitrogens with zero attached hydrogens (tertiary/aromatic N) is 6. The van der Waals surface area contributed by atoms with Gasteiger partial charge in [-0.1, -0.05) is 18.3 Å². The fraction of sp³-hybridized carbons (Fsp3) is 0.538. The van der Waals surface area contributed by atoms with E-state index in [1.165, 1.54) is 22.6 Å². The summed E-state index contributed by atoms with van der Waals surface area (Å²) in [6.07, 6.45) is 2.76. The highest BCUT2D eigenvalue weighted by Crippen LogP contribution is 2.18. The van der Waals surface area contributed by atoms with Gasteiger partial charge in [0.15, 0.2) is 5.82 Å². The first-order chi connectivity index (χ1) is 10.1. The molecule has 0 fully saturated rings. The van der Waals surface area contributed by atoms with Gasteiger partial charge in [-0.15, -0.1) is 15.3 Å². The maximum Gasteiger partial charge on any atom is 0.236 e. The van der Waals surface area contributed by atoms with Gasteiger partial charge in [0.05, 0.1) is 5.69 Å². The van der Waals surface area contributed by atoms with Crippen LogP contribution >= 0.6 is 11.3 Å². The van der Waals surface area contributed by atoms with Crippen LogP contribution in [-0.4, -0.2) is 29.6 Å². The van der Waals surface area contributed by atoms with Crippen LogP contribution in [0.3, 0.4) is 0 Å². The molecule has 0 atom stereocenters. The van der Waals surface area contributed by atoms with E-state index >= 15 is 0 Å². The Hall–Kier alpha value is -1.96. The zero-order valence-corrected chi connectivity index (χ0v) is 13.3. The zero-order chi connectivity index (χ0) is 15.0. The standard InChI is InChI=1S/C13H19N7S/c1-4-7-19-9(3)10(8(2)17-19)5-6-11-15-16-13-20(11)18-12(14)21-13/h4-7H2,1-3H3,(H2,14,18). The minimum atomic E-state index is 0.518. The van der Waals surface area contributed by atoms with E-state index in [9.17, 15) is 0 Å². The van der Waals surface area contributed by atoms with Gasteiger partial charge in [-0.25, -0.2) is 0 Å². The van der Waals surface area contributed by atoms with E-state index < -0.39 is 0 Å². The monoisotopic (exact) mass is 305 g/mol. The summed E-state index contributed by atoms with van der Waals surface area (Å²) >= 11 is 1.35. The lowest BCUT2D eigenvalue weighted by molar-refractivity contribution is 0.582. The first kappa shape index (κ1) is 14.0. The fourth-order valence-electron chi connectivity index (χ4n) is 2.59. The molecule has 0 spiro atoms. The van der Waals surface area contributed by atoms with Gasteiger partial charge in [0.1, 0.15) is 0 Å². The SMILES string of the molecule is CCCn1nc(C)c(CCc2nnc3sc(N)nn23)c1C. The maximum atomic E-state index is 5.70. The topological polar surface area (TPSA) is 86.9 Å². The number of aromatic nitrogens is 6. The van der Waals surface area contributed by atoms with Crippen molar-refractivity contribution in [2.75, 3.05) is 5.73 Å². The molecule has 2 N–H and O–H groups in total. The number of hydrogen-bond acceptors (Lipinski definition) is 6. The normalized spacial score (nSPS) is 11.6. The van der Waals surface area contributed by atoms with Crippen molar-refractivity contribution >= 4 is 21.4 Å². The summed E-state index contributed by atoms with van der Waals surface area (Å²) < 4.78 is 3.83. The van der Waals surface area contributed by atoms with Crippen LogP contribution < -0.4 is 5.73 Å². The van der Waals surface area contributed by atoms with Crippen molar-refractivity contribution in [1.29, 1.82) is 0 Å². The molecule has 112 valence electrons. The number of aryl methyl sites for hydroxylation is 3. The second kappa shape index (κ2) is 5.44. The van der Waals surface area contributed by atoms with Crippen LogP contribution in [0.15, 0.2) is 0 Å². The number of nitrogens with two attached hydrogens (primary N) is 1. The Balaban J connectivity index is 1.81. The summed E-state index contributed by atoms with van der Waals surface area (Å²) in [5.74, 6) is 0.847. The van der Waals surface area contributed by atoms with E-state index in [1.54, 1.807) is 4.52 Å². The Kier molecular flexibility index (Phi) is 3.62. The Labute approximate surface area is 126 Å². The molecule has 0 amide bonds. The van der Waals surface area contributed by atoms with Crippen LogP contribution in [0.2, 0.25) is 0 Å². The van der Waals surface area contributed by atoms with Crippen LogP contribution in [0.25, 0.3) is 4.96 Å². The molecule has 0 aromatic carbocycles. The van der Waals surface area contributed by atoms with Gasteiger partial charge in [-0.05, 0) is 32.3 Å². The third-order valence-corrected chi connectivity index (χ3v) is 4.36. The Bertz CT molecular complexity index is 767. The third kappa shape index (κ3) is 2.51. The number of rotatable bonds is 5. The summed E-state index contributed by atoms with van der Waals surface area (Å²) in [5, 5.41) is 17.6. The average molecular weight is 305 g/mol. The highest BCUT2D eigenvalue weighted by atomic mass is 32.1. The van der Waals surface area contributed by atoms with E-state index in [-0.39, 0.29) is 0 Å². The first-order valence-electron chi connectivity index (χ1n) is 7.09. The number of fused-ring (bicyclic) bond motifs is 1. The van der Waals surface area contributed by atoms with Crippen molar-refractivity contribution in [2.24, 2.45) is 0 Å². The highest BCUT2D eigenvalue weighted by Gasteiger charge is 2.14. The molecule has 0 radical (unpaired) electrons. The molecule has 7 nitrogen and oxygen atoms in total. The van der Waals surface area contributed by atoms with Gasteiger partial charge in [-0.2, -0.15) is 9.61 Å². The Morgan fingerprint density at radius 3 is 2.71 bits per heavy atom. The number of nitrogen functional groups attached to an aromatic ring is 1. The zero-order valence-electron chi connectivity index (χ0n) is 12.5. The molecule has 0 saturated heterocycles. The van der Waals surface area contributed by atoms with Crippen LogP contribution in [0, 0.1) is 13.8 Å². The molecule has 0 unspecified atom stereocenters. The largest absolute Gasteiger partial charge is 0.374 e. The van der Waals surface area contributed by atoms with Gasteiger partial charge in [0, 0.05) is 18.7 Å². The minimum Gasteiger partial charge on any atom is -0.374 e. The Morgan fingerprint density at radius 1 is 1.14 bits per heavy atom.